The molecule has 0 amide bonds. The molecular weight excluding hydrogens is 169 g/mol. The summed E-state index contributed by atoms with van der Waals surface area (Å²) in [5, 5.41) is 0. The van der Waals surface area contributed by atoms with E-state index >= 15 is 0 Å². The van der Waals surface area contributed by atoms with Crippen LogP contribution in [0, 0.1) is 5.82 Å². The standard InChI is InChI=1S/C10H12FNO/c1-6(12)10-9-7(5-13-10)3-2-4-8(9)11/h2-4,6,10H,5,12H2,1H3/t6-,10+/m0/s1. The van der Waals surface area contributed by atoms with Crippen molar-refractivity contribution in [2.45, 2.75) is 25.7 Å². The van der Waals surface area contributed by atoms with Crippen molar-refractivity contribution in [2.75, 3.05) is 0 Å². The van der Waals surface area contributed by atoms with E-state index in [9.17, 15) is 4.39 Å². The van der Waals surface area contributed by atoms with Crippen LogP contribution in [0.1, 0.15) is 24.2 Å². The molecule has 0 unspecified atom stereocenters. The van der Waals surface area contributed by atoms with Gasteiger partial charge < -0.3 is 10.5 Å². The molecule has 0 bridgehead atoms. The van der Waals surface area contributed by atoms with Gasteiger partial charge in [-0.25, -0.2) is 4.39 Å². The van der Waals surface area contributed by atoms with Gasteiger partial charge in [0.2, 0.25) is 0 Å². The summed E-state index contributed by atoms with van der Waals surface area (Å²) in [4.78, 5) is 0. The molecule has 2 nitrogen and oxygen atoms in total. The Hall–Kier alpha value is -0.930. The van der Waals surface area contributed by atoms with E-state index in [4.69, 9.17) is 10.5 Å². The van der Waals surface area contributed by atoms with Crippen LogP contribution in [-0.4, -0.2) is 6.04 Å². The van der Waals surface area contributed by atoms with Gasteiger partial charge in [0.1, 0.15) is 11.9 Å². The fraction of sp³-hybridized carbons (Fsp3) is 0.400. The lowest BCUT2D eigenvalue weighted by Gasteiger charge is -2.15. The van der Waals surface area contributed by atoms with Crippen LogP contribution >= 0.6 is 0 Å². The molecule has 0 saturated heterocycles. The maximum absolute atomic E-state index is 13.4. The minimum atomic E-state index is -0.281. The molecule has 2 N–H and O–H groups in total. The molecule has 1 aromatic carbocycles. The summed E-state index contributed by atoms with van der Waals surface area (Å²) >= 11 is 0. The van der Waals surface area contributed by atoms with Crippen LogP contribution in [0.15, 0.2) is 18.2 Å². The molecule has 70 valence electrons. The number of benzene rings is 1. The van der Waals surface area contributed by atoms with E-state index in [0.29, 0.717) is 12.2 Å². The van der Waals surface area contributed by atoms with Gasteiger partial charge in [0.15, 0.2) is 0 Å². The lowest BCUT2D eigenvalue weighted by atomic mass is 10.0. The van der Waals surface area contributed by atoms with Crippen LogP contribution in [-0.2, 0) is 11.3 Å². The van der Waals surface area contributed by atoms with Crippen LogP contribution in [0.4, 0.5) is 4.39 Å². The first-order valence-corrected chi connectivity index (χ1v) is 4.34. The van der Waals surface area contributed by atoms with E-state index in [-0.39, 0.29) is 18.0 Å². The Bertz CT molecular complexity index is 325. The molecule has 0 radical (unpaired) electrons. The number of hydrogen-bond donors (Lipinski definition) is 1. The lowest BCUT2D eigenvalue weighted by molar-refractivity contribution is 0.0502. The predicted molar refractivity (Wildman–Crippen MR) is 47.6 cm³/mol. The topological polar surface area (TPSA) is 35.2 Å². The number of hydrogen-bond acceptors (Lipinski definition) is 2. The van der Waals surface area contributed by atoms with E-state index in [1.807, 2.05) is 13.0 Å². The number of rotatable bonds is 1. The highest BCUT2D eigenvalue weighted by molar-refractivity contribution is 5.33. The molecule has 1 aromatic rings. The molecule has 13 heavy (non-hydrogen) atoms. The molecule has 0 spiro atoms. The maximum atomic E-state index is 13.4. The quantitative estimate of drug-likeness (QED) is 0.716. The van der Waals surface area contributed by atoms with Crippen LogP contribution in [0.5, 0.6) is 0 Å². The number of nitrogens with two attached hydrogens (primary N) is 1. The lowest BCUT2D eigenvalue weighted by Crippen LogP contribution is -2.24. The Morgan fingerprint density at radius 1 is 1.62 bits per heavy atom. The highest BCUT2D eigenvalue weighted by Crippen LogP contribution is 2.33. The normalized spacial score (nSPS) is 22.8. The molecule has 1 aliphatic rings. The van der Waals surface area contributed by atoms with E-state index in [2.05, 4.69) is 0 Å². The van der Waals surface area contributed by atoms with Gasteiger partial charge in [0.05, 0.1) is 6.61 Å². The van der Waals surface area contributed by atoms with Crippen LogP contribution in [0.2, 0.25) is 0 Å². The minimum Gasteiger partial charge on any atom is -0.367 e. The summed E-state index contributed by atoms with van der Waals surface area (Å²) in [6.45, 7) is 2.30. The average Bonchev–Trinajstić information content (AvgIpc) is 2.49. The molecular formula is C10H12FNO. The summed E-state index contributed by atoms with van der Waals surface area (Å²) < 4.78 is 18.8. The minimum absolute atomic E-state index is 0.168. The van der Waals surface area contributed by atoms with Crippen molar-refractivity contribution in [3.8, 4) is 0 Å². The Kier molecular flexibility index (Phi) is 2.06. The second-order valence-corrected chi connectivity index (χ2v) is 3.40. The zero-order chi connectivity index (χ0) is 9.42. The fourth-order valence-electron chi connectivity index (χ4n) is 1.70. The summed E-state index contributed by atoms with van der Waals surface area (Å²) in [5.41, 5.74) is 7.25. The zero-order valence-corrected chi connectivity index (χ0v) is 7.46. The van der Waals surface area contributed by atoms with E-state index < -0.39 is 0 Å². The number of halogens is 1. The van der Waals surface area contributed by atoms with Gasteiger partial charge >= 0.3 is 0 Å². The average molecular weight is 181 g/mol. The van der Waals surface area contributed by atoms with Crippen molar-refractivity contribution in [1.29, 1.82) is 0 Å². The van der Waals surface area contributed by atoms with Gasteiger partial charge in [0, 0.05) is 11.6 Å². The Morgan fingerprint density at radius 2 is 2.38 bits per heavy atom. The SMILES string of the molecule is C[C@H](N)[C@H]1OCc2cccc(F)c21. The third-order valence-corrected chi connectivity index (χ3v) is 2.32. The third-order valence-electron chi connectivity index (χ3n) is 2.32. The maximum Gasteiger partial charge on any atom is 0.129 e. The molecule has 0 aliphatic carbocycles. The van der Waals surface area contributed by atoms with Crippen molar-refractivity contribution in [3.63, 3.8) is 0 Å². The van der Waals surface area contributed by atoms with Gasteiger partial charge in [-0.3, -0.25) is 0 Å². The molecule has 0 fully saturated rings. The van der Waals surface area contributed by atoms with Crippen molar-refractivity contribution in [3.05, 3.63) is 35.1 Å². The van der Waals surface area contributed by atoms with Crippen LogP contribution < -0.4 is 5.73 Å². The highest BCUT2D eigenvalue weighted by atomic mass is 19.1. The molecule has 0 saturated carbocycles. The summed E-state index contributed by atoms with van der Waals surface area (Å²) in [5.74, 6) is -0.211. The van der Waals surface area contributed by atoms with Gasteiger partial charge in [-0.05, 0) is 18.6 Å². The molecule has 1 heterocycles. The highest BCUT2D eigenvalue weighted by Gasteiger charge is 2.28. The van der Waals surface area contributed by atoms with Gasteiger partial charge in [-0.2, -0.15) is 0 Å². The fourth-order valence-corrected chi connectivity index (χ4v) is 1.70. The molecule has 2 atom stereocenters. The molecule has 1 aliphatic heterocycles. The smallest absolute Gasteiger partial charge is 0.129 e. The Labute approximate surface area is 76.5 Å². The van der Waals surface area contributed by atoms with Gasteiger partial charge in [-0.1, -0.05) is 12.1 Å². The van der Waals surface area contributed by atoms with Gasteiger partial charge in [0.25, 0.3) is 0 Å². The summed E-state index contributed by atoms with van der Waals surface area (Å²) in [6, 6.07) is 4.85. The first-order valence-electron chi connectivity index (χ1n) is 4.34. The molecule has 0 aromatic heterocycles. The summed E-state index contributed by atoms with van der Waals surface area (Å²) in [6.07, 6.45) is -0.281. The third kappa shape index (κ3) is 1.34. The Balaban J connectivity index is 2.46. The summed E-state index contributed by atoms with van der Waals surface area (Å²) in [7, 11) is 0. The molecule has 2 rings (SSSR count). The first kappa shape index (κ1) is 8.66. The number of ether oxygens (including phenoxy) is 1. The largest absolute Gasteiger partial charge is 0.367 e. The van der Waals surface area contributed by atoms with Crippen molar-refractivity contribution in [1.82, 2.24) is 0 Å². The zero-order valence-electron chi connectivity index (χ0n) is 7.46. The predicted octanol–water partition coefficient (Wildman–Crippen LogP) is 1.74. The van der Waals surface area contributed by atoms with E-state index in [1.54, 1.807) is 6.07 Å². The molecule has 3 heteroatoms. The van der Waals surface area contributed by atoms with Crippen molar-refractivity contribution in [2.24, 2.45) is 5.73 Å². The van der Waals surface area contributed by atoms with E-state index in [0.717, 1.165) is 5.56 Å². The monoisotopic (exact) mass is 181 g/mol. The van der Waals surface area contributed by atoms with E-state index in [1.165, 1.54) is 6.07 Å². The number of fused-ring (bicyclic) bond motifs is 1. The van der Waals surface area contributed by atoms with Crippen molar-refractivity contribution < 1.29 is 9.13 Å². The second kappa shape index (κ2) is 3.09. The Morgan fingerprint density at radius 3 is 3.08 bits per heavy atom. The van der Waals surface area contributed by atoms with Gasteiger partial charge in [-0.15, -0.1) is 0 Å². The van der Waals surface area contributed by atoms with Crippen LogP contribution in [0.25, 0.3) is 0 Å². The van der Waals surface area contributed by atoms with Crippen molar-refractivity contribution >= 4 is 0 Å². The first-order chi connectivity index (χ1) is 6.20. The second-order valence-electron chi connectivity index (χ2n) is 3.40. The van der Waals surface area contributed by atoms with Crippen LogP contribution in [0.3, 0.4) is 0 Å².